The molecule has 1 aromatic carbocycles. The number of rotatable bonds is 4. The minimum Gasteiger partial charge on any atom is -0.480 e. The zero-order valence-corrected chi connectivity index (χ0v) is 13.9. The fourth-order valence-electron chi connectivity index (χ4n) is 2.12. The van der Waals surface area contributed by atoms with Crippen molar-refractivity contribution in [1.82, 2.24) is 4.31 Å². The highest BCUT2D eigenvalue weighted by Gasteiger charge is 2.46. The molecule has 0 saturated carbocycles. The molecule has 1 fully saturated rings. The van der Waals surface area contributed by atoms with Gasteiger partial charge in [0.15, 0.2) is 0 Å². The van der Waals surface area contributed by atoms with E-state index in [1.807, 2.05) is 6.92 Å². The number of hydrogen-bond donors (Lipinski definition) is 1. The van der Waals surface area contributed by atoms with E-state index in [1.54, 1.807) is 18.2 Å². The first-order valence-corrected chi connectivity index (χ1v) is 9.30. The SMILES string of the molecule is CCC1SCC(C(=O)O)N1S(=O)(=O)c1ccccc1Br. The highest BCUT2D eigenvalue weighted by Crippen LogP contribution is 2.37. The van der Waals surface area contributed by atoms with Crippen molar-refractivity contribution in [3.63, 3.8) is 0 Å². The third kappa shape index (κ3) is 2.74. The summed E-state index contributed by atoms with van der Waals surface area (Å²) in [5, 5.41) is 8.91. The molecule has 0 spiro atoms. The van der Waals surface area contributed by atoms with E-state index in [0.29, 0.717) is 10.9 Å². The summed E-state index contributed by atoms with van der Waals surface area (Å²) < 4.78 is 27.1. The first-order chi connectivity index (χ1) is 9.39. The molecule has 1 aromatic rings. The van der Waals surface area contributed by atoms with Crippen molar-refractivity contribution in [2.24, 2.45) is 0 Å². The monoisotopic (exact) mass is 379 g/mol. The van der Waals surface area contributed by atoms with Gasteiger partial charge in [0.1, 0.15) is 6.04 Å². The van der Waals surface area contributed by atoms with E-state index >= 15 is 0 Å². The van der Waals surface area contributed by atoms with Gasteiger partial charge in [-0.15, -0.1) is 11.8 Å². The van der Waals surface area contributed by atoms with Crippen molar-refractivity contribution in [3.8, 4) is 0 Å². The number of nitrogens with zero attached hydrogens (tertiary/aromatic N) is 1. The van der Waals surface area contributed by atoms with Gasteiger partial charge in [-0.1, -0.05) is 19.1 Å². The number of carboxylic acids is 1. The highest BCUT2D eigenvalue weighted by atomic mass is 79.9. The topological polar surface area (TPSA) is 74.7 Å². The third-order valence-electron chi connectivity index (χ3n) is 3.06. The van der Waals surface area contributed by atoms with Crippen molar-refractivity contribution in [2.75, 3.05) is 5.75 Å². The van der Waals surface area contributed by atoms with E-state index in [4.69, 9.17) is 0 Å². The maximum Gasteiger partial charge on any atom is 0.322 e. The molecule has 0 radical (unpaired) electrons. The van der Waals surface area contributed by atoms with Crippen molar-refractivity contribution in [3.05, 3.63) is 28.7 Å². The Hall–Kier alpha value is -0.570. The zero-order chi connectivity index (χ0) is 14.9. The van der Waals surface area contributed by atoms with Gasteiger partial charge in [-0.05, 0) is 34.5 Å². The summed E-state index contributed by atoms with van der Waals surface area (Å²) in [5.41, 5.74) is 0. The molecule has 2 unspecified atom stereocenters. The molecule has 0 amide bonds. The van der Waals surface area contributed by atoms with Gasteiger partial charge in [0.25, 0.3) is 0 Å². The van der Waals surface area contributed by atoms with Crippen LogP contribution in [0, 0.1) is 0 Å². The largest absolute Gasteiger partial charge is 0.480 e. The minimum absolute atomic E-state index is 0.104. The zero-order valence-electron chi connectivity index (χ0n) is 10.7. The van der Waals surface area contributed by atoms with Crippen LogP contribution in [-0.2, 0) is 14.8 Å². The van der Waals surface area contributed by atoms with Crippen LogP contribution < -0.4 is 0 Å². The minimum atomic E-state index is -3.84. The first kappa shape index (κ1) is 15.8. The average Bonchev–Trinajstić information content (AvgIpc) is 2.83. The predicted octanol–water partition coefficient (Wildman–Crippen LogP) is 2.38. The molecule has 1 saturated heterocycles. The smallest absolute Gasteiger partial charge is 0.322 e. The number of carbonyl (C=O) groups is 1. The Morgan fingerprint density at radius 1 is 1.50 bits per heavy atom. The Morgan fingerprint density at radius 3 is 2.70 bits per heavy atom. The number of carboxylic acid groups (broad SMARTS) is 1. The van der Waals surface area contributed by atoms with Gasteiger partial charge >= 0.3 is 5.97 Å². The standard InChI is InChI=1S/C12H14BrNO4S2/c1-2-11-14(9(7-19-11)12(15)16)20(17,18)10-6-4-3-5-8(10)13/h3-6,9,11H,2,7H2,1H3,(H,15,16). The lowest BCUT2D eigenvalue weighted by Crippen LogP contribution is -2.45. The molecular formula is C12H14BrNO4S2. The van der Waals surface area contributed by atoms with Crippen molar-refractivity contribution >= 4 is 43.7 Å². The van der Waals surface area contributed by atoms with Gasteiger partial charge in [-0.25, -0.2) is 8.42 Å². The average molecular weight is 380 g/mol. The number of benzene rings is 1. The van der Waals surface area contributed by atoms with Crippen LogP contribution in [0.1, 0.15) is 13.3 Å². The molecule has 2 atom stereocenters. The Bertz CT molecular complexity index is 620. The van der Waals surface area contributed by atoms with Crippen LogP contribution in [0.15, 0.2) is 33.6 Å². The molecule has 0 bridgehead atoms. The molecule has 20 heavy (non-hydrogen) atoms. The normalized spacial score (nSPS) is 23.9. The van der Waals surface area contributed by atoms with Gasteiger partial charge in [-0.2, -0.15) is 4.31 Å². The lowest BCUT2D eigenvalue weighted by atomic mass is 10.3. The number of thioether (sulfide) groups is 1. The molecule has 0 aliphatic carbocycles. The van der Waals surface area contributed by atoms with Crippen LogP contribution in [0.5, 0.6) is 0 Å². The molecule has 1 heterocycles. The number of aliphatic carboxylic acids is 1. The Labute approximate surface area is 130 Å². The second-order valence-electron chi connectivity index (χ2n) is 4.32. The Kier molecular flexibility index (Phi) is 4.78. The van der Waals surface area contributed by atoms with Crippen LogP contribution in [0.3, 0.4) is 0 Å². The Morgan fingerprint density at radius 2 is 2.15 bits per heavy atom. The molecule has 0 aromatic heterocycles. The predicted molar refractivity (Wildman–Crippen MR) is 81.1 cm³/mol. The first-order valence-electron chi connectivity index (χ1n) is 6.02. The van der Waals surface area contributed by atoms with E-state index < -0.39 is 22.0 Å². The summed E-state index contributed by atoms with van der Waals surface area (Å²) in [6.45, 7) is 1.85. The van der Waals surface area contributed by atoms with E-state index in [2.05, 4.69) is 15.9 Å². The van der Waals surface area contributed by atoms with Crippen molar-refractivity contribution in [1.29, 1.82) is 0 Å². The summed E-state index contributed by atoms with van der Waals surface area (Å²) in [4.78, 5) is 11.4. The summed E-state index contributed by atoms with van der Waals surface area (Å²) in [6, 6.07) is 5.44. The van der Waals surface area contributed by atoms with Gasteiger partial charge in [0.2, 0.25) is 10.0 Å². The van der Waals surface area contributed by atoms with Gasteiger partial charge in [0.05, 0.1) is 10.3 Å². The van der Waals surface area contributed by atoms with Gasteiger partial charge in [0, 0.05) is 10.2 Å². The van der Waals surface area contributed by atoms with Crippen LogP contribution in [-0.4, -0.2) is 41.0 Å². The summed E-state index contributed by atoms with van der Waals surface area (Å²) in [6.07, 6.45) is 0.568. The summed E-state index contributed by atoms with van der Waals surface area (Å²) >= 11 is 4.58. The third-order valence-corrected chi connectivity index (χ3v) is 7.58. The van der Waals surface area contributed by atoms with E-state index in [9.17, 15) is 18.3 Å². The van der Waals surface area contributed by atoms with Crippen LogP contribution in [0.4, 0.5) is 0 Å². The molecule has 1 aliphatic rings. The number of sulfonamides is 1. The second-order valence-corrected chi connectivity index (χ2v) is 8.19. The van der Waals surface area contributed by atoms with Crippen molar-refractivity contribution in [2.45, 2.75) is 29.7 Å². The molecule has 1 N–H and O–H groups in total. The van der Waals surface area contributed by atoms with Crippen LogP contribution in [0.2, 0.25) is 0 Å². The molecular weight excluding hydrogens is 366 g/mol. The maximum absolute atomic E-state index is 12.8. The van der Waals surface area contributed by atoms with Gasteiger partial charge < -0.3 is 5.11 Å². The Balaban J connectivity index is 2.50. The number of halogens is 1. The van der Waals surface area contributed by atoms with Crippen LogP contribution >= 0.6 is 27.7 Å². The lowest BCUT2D eigenvalue weighted by molar-refractivity contribution is -0.140. The van der Waals surface area contributed by atoms with E-state index in [-0.39, 0.29) is 16.0 Å². The number of hydrogen-bond acceptors (Lipinski definition) is 4. The molecule has 110 valence electrons. The maximum atomic E-state index is 12.8. The highest BCUT2D eigenvalue weighted by molar-refractivity contribution is 9.10. The van der Waals surface area contributed by atoms with E-state index in [0.717, 1.165) is 4.31 Å². The van der Waals surface area contributed by atoms with E-state index in [1.165, 1.54) is 17.8 Å². The summed E-state index contributed by atoms with van der Waals surface area (Å²) in [7, 11) is -3.84. The second kappa shape index (κ2) is 6.05. The molecule has 2 rings (SSSR count). The quantitative estimate of drug-likeness (QED) is 0.868. The van der Waals surface area contributed by atoms with Crippen LogP contribution in [0.25, 0.3) is 0 Å². The van der Waals surface area contributed by atoms with Gasteiger partial charge in [-0.3, -0.25) is 4.79 Å². The fraction of sp³-hybridized carbons (Fsp3) is 0.417. The van der Waals surface area contributed by atoms with Crippen molar-refractivity contribution < 1.29 is 18.3 Å². The lowest BCUT2D eigenvalue weighted by Gasteiger charge is -2.26. The molecule has 5 nitrogen and oxygen atoms in total. The molecule has 1 aliphatic heterocycles. The molecule has 8 heteroatoms. The fourth-order valence-corrected chi connectivity index (χ4v) is 6.62. The summed E-state index contributed by atoms with van der Waals surface area (Å²) in [5.74, 6) is -0.832.